The van der Waals surface area contributed by atoms with E-state index in [1.165, 1.54) is 39.0 Å². The number of rotatable bonds is 9. The van der Waals surface area contributed by atoms with Gasteiger partial charge in [0.15, 0.2) is 13.9 Å². The SMILES string of the molecule is CC(=O)OCC(CC(C)C1CCC2C(O[Si](C)(C)C)CCCC12C)CC1(C)OC(C(C)(C)C)OC1=O. The molecule has 2 aliphatic carbocycles. The van der Waals surface area contributed by atoms with Crippen LogP contribution in [0.1, 0.15) is 93.4 Å². The minimum absolute atomic E-state index is 0.0282. The third-order valence-electron chi connectivity index (χ3n) is 8.95. The van der Waals surface area contributed by atoms with E-state index in [1.807, 2.05) is 27.7 Å². The Balaban J connectivity index is 1.73. The smallest absolute Gasteiger partial charge is 0.340 e. The Morgan fingerprint density at radius 2 is 1.83 bits per heavy atom. The van der Waals surface area contributed by atoms with Crippen molar-refractivity contribution in [2.75, 3.05) is 6.61 Å². The lowest BCUT2D eigenvalue weighted by Crippen LogP contribution is -2.46. The van der Waals surface area contributed by atoms with Gasteiger partial charge < -0.3 is 18.6 Å². The molecule has 6 nitrogen and oxygen atoms in total. The van der Waals surface area contributed by atoms with Crippen LogP contribution in [-0.2, 0) is 28.2 Å². The van der Waals surface area contributed by atoms with Crippen molar-refractivity contribution >= 4 is 20.3 Å². The number of esters is 2. The summed E-state index contributed by atoms with van der Waals surface area (Å²) in [6, 6.07) is 0. The van der Waals surface area contributed by atoms with Crippen LogP contribution in [0.2, 0.25) is 19.6 Å². The molecule has 0 aromatic heterocycles. The highest BCUT2D eigenvalue weighted by Gasteiger charge is 2.55. The van der Waals surface area contributed by atoms with Crippen molar-refractivity contribution < 1.29 is 28.2 Å². The number of hydrogen-bond acceptors (Lipinski definition) is 6. The van der Waals surface area contributed by atoms with Gasteiger partial charge in [0.05, 0.1) is 6.61 Å². The van der Waals surface area contributed by atoms with E-state index in [4.69, 9.17) is 18.6 Å². The summed E-state index contributed by atoms with van der Waals surface area (Å²) >= 11 is 0. The average molecular weight is 525 g/mol. The first-order chi connectivity index (χ1) is 16.4. The van der Waals surface area contributed by atoms with Crippen LogP contribution in [0.4, 0.5) is 0 Å². The molecule has 1 heterocycles. The fourth-order valence-electron chi connectivity index (χ4n) is 7.39. The molecule has 1 aliphatic heterocycles. The molecule has 0 aromatic rings. The molecule has 208 valence electrons. The van der Waals surface area contributed by atoms with E-state index in [1.54, 1.807) is 0 Å². The Morgan fingerprint density at radius 1 is 1.17 bits per heavy atom. The molecule has 3 rings (SSSR count). The van der Waals surface area contributed by atoms with Gasteiger partial charge in [0.2, 0.25) is 6.29 Å². The lowest BCUT2D eigenvalue weighted by molar-refractivity contribution is -0.157. The maximum atomic E-state index is 12.9. The molecule has 1 saturated heterocycles. The van der Waals surface area contributed by atoms with Gasteiger partial charge in [-0.3, -0.25) is 4.79 Å². The summed E-state index contributed by atoms with van der Waals surface area (Å²) in [5.41, 5.74) is -1.04. The third-order valence-corrected chi connectivity index (χ3v) is 9.96. The van der Waals surface area contributed by atoms with Gasteiger partial charge in [0, 0.05) is 18.4 Å². The van der Waals surface area contributed by atoms with Gasteiger partial charge in [0.25, 0.3) is 0 Å². The topological polar surface area (TPSA) is 71.1 Å². The Labute approximate surface area is 220 Å². The van der Waals surface area contributed by atoms with Crippen molar-refractivity contribution in [1.82, 2.24) is 0 Å². The van der Waals surface area contributed by atoms with Crippen LogP contribution < -0.4 is 0 Å². The lowest BCUT2D eigenvalue weighted by atomic mass is 9.61. The maximum absolute atomic E-state index is 12.9. The van der Waals surface area contributed by atoms with E-state index < -0.39 is 20.2 Å². The second-order valence-electron chi connectivity index (χ2n) is 14.5. The van der Waals surface area contributed by atoms with Crippen LogP contribution in [0.15, 0.2) is 0 Å². The third kappa shape index (κ3) is 6.74. The van der Waals surface area contributed by atoms with E-state index >= 15 is 0 Å². The Bertz CT molecular complexity index is 801. The lowest BCUT2D eigenvalue weighted by Gasteiger charge is -2.48. The normalized spacial score (nSPS) is 36.8. The number of ether oxygens (including phenoxy) is 3. The van der Waals surface area contributed by atoms with E-state index in [2.05, 4.69) is 33.5 Å². The molecule has 8 unspecified atom stereocenters. The minimum Gasteiger partial charge on any atom is -0.466 e. The number of carbonyl (C=O) groups is 2. The second kappa shape index (κ2) is 10.7. The highest BCUT2D eigenvalue weighted by molar-refractivity contribution is 6.69. The summed E-state index contributed by atoms with van der Waals surface area (Å²) in [6.07, 6.45) is 7.33. The highest BCUT2D eigenvalue weighted by Crippen LogP contribution is 2.59. The van der Waals surface area contributed by atoms with Crippen molar-refractivity contribution in [3.8, 4) is 0 Å². The largest absolute Gasteiger partial charge is 0.466 e. The van der Waals surface area contributed by atoms with Crippen molar-refractivity contribution in [2.24, 2.45) is 34.5 Å². The fourth-order valence-corrected chi connectivity index (χ4v) is 8.58. The van der Waals surface area contributed by atoms with Crippen LogP contribution in [-0.4, -0.2) is 44.9 Å². The van der Waals surface area contributed by atoms with Crippen LogP contribution >= 0.6 is 0 Å². The molecule has 0 bridgehead atoms. The van der Waals surface area contributed by atoms with Gasteiger partial charge in [-0.05, 0) is 94.2 Å². The molecular weight excluding hydrogens is 472 g/mol. The predicted molar refractivity (Wildman–Crippen MR) is 144 cm³/mol. The molecule has 0 spiro atoms. The monoisotopic (exact) mass is 524 g/mol. The molecule has 0 radical (unpaired) electrons. The number of carbonyl (C=O) groups excluding carboxylic acids is 2. The van der Waals surface area contributed by atoms with Crippen LogP contribution in [0.5, 0.6) is 0 Å². The molecule has 7 heteroatoms. The van der Waals surface area contributed by atoms with Gasteiger partial charge in [-0.1, -0.05) is 41.0 Å². The summed E-state index contributed by atoms with van der Waals surface area (Å²) in [5, 5.41) is 0. The average Bonchev–Trinajstić information content (AvgIpc) is 3.22. The van der Waals surface area contributed by atoms with Crippen molar-refractivity contribution in [3.05, 3.63) is 0 Å². The first kappa shape index (κ1) is 29.6. The standard InChI is InChI=1S/C29H52O6Si/c1-19(22-13-14-23-24(35-36(8,9)10)12-11-15-28(22,23)6)16-21(18-32-20(2)30)17-29(7)25(31)33-26(34-29)27(3,4)5/h19,21-24,26H,11-18H2,1-10H3. The number of hydrogen-bond donors (Lipinski definition) is 0. The number of fused-ring (bicyclic) bond motifs is 1. The summed E-state index contributed by atoms with van der Waals surface area (Å²) in [6.45, 7) is 21.4. The van der Waals surface area contributed by atoms with E-state index in [0.717, 1.165) is 6.42 Å². The molecule has 36 heavy (non-hydrogen) atoms. The number of cyclic esters (lactones) is 1. The minimum atomic E-state index is -1.60. The molecule has 3 fully saturated rings. The molecule has 0 N–H and O–H groups in total. The Morgan fingerprint density at radius 3 is 2.39 bits per heavy atom. The van der Waals surface area contributed by atoms with Crippen molar-refractivity contribution in [1.29, 1.82) is 0 Å². The van der Waals surface area contributed by atoms with Gasteiger partial charge >= 0.3 is 11.9 Å². The van der Waals surface area contributed by atoms with Gasteiger partial charge in [-0.2, -0.15) is 0 Å². The quantitative estimate of drug-likeness (QED) is 0.246. The van der Waals surface area contributed by atoms with Gasteiger partial charge in [-0.25, -0.2) is 4.79 Å². The van der Waals surface area contributed by atoms with Crippen LogP contribution in [0, 0.1) is 34.5 Å². The summed E-state index contributed by atoms with van der Waals surface area (Å²) in [7, 11) is -1.60. The first-order valence-electron chi connectivity index (χ1n) is 14.1. The van der Waals surface area contributed by atoms with Crippen LogP contribution in [0.25, 0.3) is 0 Å². The van der Waals surface area contributed by atoms with Gasteiger partial charge in [-0.15, -0.1) is 0 Å². The van der Waals surface area contributed by atoms with Crippen molar-refractivity contribution in [3.63, 3.8) is 0 Å². The van der Waals surface area contributed by atoms with E-state index in [0.29, 0.717) is 36.9 Å². The molecule has 2 saturated carbocycles. The summed E-state index contributed by atoms with van der Waals surface area (Å²) in [4.78, 5) is 24.6. The second-order valence-corrected chi connectivity index (χ2v) is 19.0. The predicted octanol–water partition coefficient (Wildman–Crippen LogP) is 6.72. The van der Waals surface area contributed by atoms with Crippen LogP contribution in [0.3, 0.4) is 0 Å². The molecule has 3 aliphatic rings. The molecule has 8 atom stereocenters. The highest BCUT2D eigenvalue weighted by atomic mass is 28.4. The zero-order valence-electron chi connectivity index (χ0n) is 24.6. The van der Waals surface area contributed by atoms with Gasteiger partial charge in [0.1, 0.15) is 0 Å². The summed E-state index contributed by atoms with van der Waals surface area (Å²) in [5.74, 6) is 1.10. The van der Waals surface area contributed by atoms with E-state index in [-0.39, 0.29) is 28.7 Å². The first-order valence-corrected chi connectivity index (χ1v) is 17.6. The maximum Gasteiger partial charge on any atom is 0.340 e. The molecular formula is C29H52O6Si. The fraction of sp³-hybridized carbons (Fsp3) is 0.931. The molecule has 0 aromatic carbocycles. The van der Waals surface area contributed by atoms with E-state index in [9.17, 15) is 9.59 Å². The van der Waals surface area contributed by atoms with Crippen molar-refractivity contribution in [2.45, 2.75) is 131 Å². The Kier molecular flexibility index (Phi) is 8.79. The zero-order valence-corrected chi connectivity index (χ0v) is 25.6. The summed E-state index contributed by atoms with van der Waals surface area (Å²) < 4.78 is 24.0. The zero-order chi connectivity index (χ0) is 27.1. The Hall–Kier alpha value is -0.923. The molecule has 0 amide bonds.